The summed E-state index contributed by atoms with van der Waals surface area (Å²) in [6.07, 6.45) is 0.715. The number of amides is 1. The number of aliphatic imine (C=N–C) groups is 1. The number of rotatable bonds is 5. The predicted octanol–water partition coefficient (Wildman–Crippen LogP) is 1.85. The fourth-order valence-corrected chi connectivity index (χ4v) is 2.80. The van der Waals surface area contributed by atoms with Crippen molar-refractivity contribution in [3.05, 3.63) is 29.8 Å². The van der Waals surface area contributed by atoms with Crippen LogP contribution in [0, 0.1) is 11.6 Å². The van der Waals surface area contributed by atoms with E-state index >= 15 is 0 Å². The highest BCUT2D eigenvalue weighted by Crippen LogP contribution is 2.26. The van der Waals surface area contributed by atoms with Crippen LogP contribution in [0.15, 0.2) is 23.2 Å². The first kappa shape index (κ1) is 22.4. The number of guanidine groups is 1. The Morgan fingerprint density at radius 3 is 2.58 bits per heavy atom. The zero-order chi connectivity index (χ0) is 18.4. The van der Waals surface area contributed by atoms with Gasteiger partial charge in [0.25, 0.3) is 0 Å². The zero-order valence-electron chi connectivity index (χ0n) is 15.2. The summed E-state index contributed by atoms with van der Waals surface area (Å²) in [5.41, 5.74) is 0.00561. The Hall–Kier alpha value is -1.65. The number of anilines is 1. The van der Waals surface area contributed by atoms with E-state index in [4.69, 9.17) is 0 Å². The van der Waals surface area contributed by atoms with Gasteiger partial charge in [-0.2, -0.15) is 0 Å². The number of benzene rings is 1. The Bertz CT molecular complexity index is 621. The van der Waals surface area contributed by atoms with Crippen molar-refractivity contribution in [2.24, 2.45) is 4.99 Å². The molecule has 0 spiro atoms. The molecule has 1 aliphatic rings. The molecule has 6 nitrogen and oxygen atoms in total. The minimum Gasteiger partial charge on any atom is -0.365 e. The number of para-hydroxylation sites is 1. The van der Waals surface area contributed by atoms with Crippen LogP contribution in [-0.2, 0) is 4.79 Å². The van der Waals surface area contributed by atoms with Crippen LogP contribution in [-0.4, -0.2) is 50.6 Å². The van der Waals surface area contributed by atoms with Crippen molar-refractivity contribution in [2.45, 2.75) is 32.4 Å². The summed E-state index contributed by atoms with van der Waals surface area (Å²) in [6.45, 7) is 4.88. The van der Waals surface area contributed by atoms with Crippen molar-refractivity contribution in [3.63, 3.8) is 0 Å². The summed E-state index contributed by atoms with van der Waals surface area (Å²) in [4.78, 5) is 17.4. The van der Waals surface area contributed by atoms with Gasteiger partial charge in [0.2, 0.25) is 5.91 Å². The largest absolute Gasteiger partial charge is 0.365 e. The van der Waals surface area contributed by atoms with Gasteiger partial charge in [0.15, 0.2) is 5.96 Å². The molecule has 3 N–H and O–H groups in total. The Morgan fingerprint density at radius 2 is 2.00 bits per heavy atom. The molecule has 0 saturated carbocycles. The van der Waals surface area contributed by atoms with Gasteiger partial charge in [-0.25, -0.2) is 8.78 Å². The SMILES string of the molecule is CN=C(NCC(=O)NC(C)C)NC1CCN(c2c(F)cccc2F)C1.I. The second-order valence-corrected chi connectivity index (χ2v) is 6.29. The molecule has 9 heteroatoms. The molecule has 1 fully saturated rings. The van der Waals surface area contributed by atoms with Crippen molar-refractivity contribution in [3.8, 4) is 0 Å². The summed E-state index contributed by atoms with van der Waals surface area (Å²) in [7, 11) is 1.61. The fourth-order valence-electron chi connectivity index (χ4n) is 2.80. The van der Waals surface area contributed by atoms with Crippen molar-refractivity contribution in [1.82, 2.24) is 16.0 Å². The van der Waals surface area contributed by atoms with E-state index in [1.807, 2.05) is 13.8 Å². The normalized spacial score (nSPS) is 17.1. The van der Waals surface area contributed by atoms with Crippen LogP contribution in [0.1, 0.15) is 20.3 Å². The first-order valence-corrected chi connectivity index (χ1v) is 8.36. The van der Waals surface area contributed by atoms with Gasteiger partial charge in [-0.05, 0) is 32.4 Å². The summed E-state index contributed by atoms with van der Waals surface area (Å²) < 4.78 is 27.8. The maximum absolute atomic E-state index is 13.9. The first-order valence-electron chi connectivity index (χ1n) is 8.36. The number of nitrogens with one attached hydrogen (secondary N) is 3. The van der Waals surface area contributed by atoms with Gasteiger partial charge in [0.1, 0.15) is 17.3 Å². The monoisotopic (exact) mass is 481 g/mol. The second kappa shape index (κ2) is 10.5. The van der Waals surface area contributed by atoms with Gasteiger partial charge in [0, 0.05) is 32.2 Å². The minimum absolute atomic E-state index is 0. The van der Waals surface area contributed by atoms with Crippen molar-refractivity contribution >= 4 is 41.5 Å². The molecule has 0 aliphatic carbocycles. The lowest BCUT2D eigenvalue weighted by Crippen LogP contribution is -2.48. The summed E-state index contributed by atoms with van der Waals surface area (Å²) in [5.74, 6) is -0.763. The van der Waals surface area contributed by atoms with E-state index in [0.717, 1.165) is 0 Å². The minimum atomic E-state index is -0.562. The number of carbonyl (C=O) groups is 1. The molecule has 1 amide bonds. The van der Waals surface area contributed by atoms with Crippen molar-refractivity contribution in [2.75, 3.05) is 31.6 Å². The highest BCUT2D eigenvalue weighted by molar-refractivity contribution is 14.0. The van der Waals surface area contributed by atoms with E-state index < -0.39 is 11.6 Å². The van der Waals surface area contributed by atoms with Crippen molar-refractivity contribution in [1.29, 1.82) is 0 Å². The fraction of sp³-hybridized carbons (Fsp3) is 0.529. The van der Waals surface area contributed by atoms with Crippen LogP contribution in [0.5, 0.6) is 0 Å². The molecule has 1 aromatic rings. The van der Waals surface area contributed by atoms with E-state index in [9.17, 15) is 13.6 Å². The van der Waals surface area contributed by atoms with Crippen LogP contribution < -0.4 is 20.9 Å². The summed E-state index contributed by atoms with van der Waals surface area (Å²) in [6, 6.07) is 3.93. The first-order chi connectivity index (χ1) is 11.9. The van der Waals surface area contributed by atoms with Gasteiger partial charge in [-0.15, -0.1) is 24.0 Å². The molecule has 146 valence electrons. The van der Waals surface area contributed by atoms with E-state index in [1.54, 1.807) is 11.9 Å². The lowest BCUT2D eigenvalue weighted by atomic mass is 10.2. The quantitative estimate of drug-likeness (QED) is 0.341. The van der Waals surface area contributed by atoms with Crippen LogP contribution in [0.4, 0.5) is 14.5 Å². The molecule has 1 unspecified atom stereocenters. The van der Waals surface area contributed by atoms with E-state index in [1.165, 1.54) is 18.2 Å². The predicted molar refractivity (Wildman–Crippen MR) is 110 cm³/mol. The Balaban J connectivity index is 0.00000338. The van der Waals surface area contributed by atoms with E-state index in [2.05, 4.69) is 20.9 Å². The van der Waals surface area contributed by atoms with Crippen LogP contribution in [0.25, 0.3) is 0 Å². The van der Waals surface area contributed by atoms with Gasteiger partial charge in [-0.3, -0.25) is 9.79 Å². The standard InChI is InChI=1S/C17H25F2N5O.HI/c1-11(2)22-15(25)9-21-17(20-3)23-12-7-8-24(10-12)16-13(18)5-4-6-14(16)19;/h4-6,11-12H,7-10H2,1-3H3,(H,22,25)(H2,20,21,23);1H. The van der Waals surface area contributed by atoms with Gasteiger partial charge in [0.05, 0.1) is 6.54 Å². The number of hydrogen-bond donors (Lipinski definition) is 3. The Morgan fingerprint density at radius 1 is 1.35 bits per heavy atom. The molecular weight excluding hydrogens is 455 g/mol. The van der Waals surface area contributed by atoms with Gasteiger partial charge >= 0.3 is 0 Å². The molecule has 1 aliphatic heterocycles. The zero-order valence-corrected chi connectivity index (χ0v) is 17.5. The lowest BCUT2D eigenvalue weighted by Gasteiger charge is -2.21. The van der Waals surface area contributed by atoms with Crippen LogP contribution >= 0.6 is 24.0 Å². The average Bonchev–Trinajstić information content (AvgIpc) is 2.98. The van der Waals surface area contributed by atoms with Gasteiger partial charge in [-0.1, -0.05) is 6.07 Å². The summed E-state index contributed by atoms with van der Waals surface area (Å²) in [5, 5.41) is 8.91. The lowest BCUT2D eigenvalue weighted by molar-refractivity contribution is -0.120. The van der Waals surface area contributed by atoms with Crippen LogP contribution in [0.2, 0.25) is 0 Å². The molecule has 0 aromatic heterocycles. The molecule has 26 heavy (non-hydrogen) atoms. The van der Waals surface area contributed by atoms with E-state index in [0.29, 0.717) is 25.5 Å². The van der Waals surface area contributed by atoms with Crippen LogP contribution in [0.3, 0.4) is 0 Å². The Labute approximate surface area is 169 Å². The maximum atomic E-state index is 13.9. The second-order valence-electron chi connectivity index (χ2n) is 6.29. The highest BCUT2D eigenvalue weighted by atomic mass is 127. The number of halogens is 3. The third-order valence-corrected chi connectivity index (χ3v) is 3.87. The van der Waals surface area contributed by atoms with Crippen molar-refractivity contribution < 1.29 is 13.6 Å². The molecule has 1 atom stereocenters. The topological polar surface area (TPSA) is 68.8 Å². The van der Waals surface area contributed by atoms with E-state index in [-0.39, 0.29) is 54.2 Å². The number of hydrogen-bond acceptors (Lipinski definition) is 3. The maximum Gasteiger partial charge on any atom is 0.239 e. The third-order valence-electron chi connectivity index (χ3n) is 3.87. The molecule has 0 radical (unpaired) electrons. The number of nitrogens with zero attached hydrogens (tertiary/aromatic N) is 2. The molecule has 0 bridgehead atoms. The Kier molecular flexibility index (Phi) is 9.03. The third kappa shape index (κ3) is 6.26. The van der Waals surface area contributed by atoms with Gasteiger partial charge < -0.3 is 20.9 Å². The highest BCUT2D eigenvalue weighted by Gasteiger charge is 2.27. The average molecular weight is 481 g/mol. The molecule has 2 rings (SSSR count). The smallest absolute Gasteiger partial charge is 0.239 e. The summed E-state index contributed by atoms with van der Waals surface area (Å²) >= 11 is 0. The molecule has 1 heterocycles. The number of carbonyl (C=O) groups excluding carboxylic acids is 1. The molecule has 1 saturated heterocycles. The molecule has 1 aromatic carbocycles. The molecular formula is C17H26F2IN5O.